The quantitative estimate of drug-likeness (QED) is 0.347. The minimum atomic E-state index is -1.15. The van der Waals surface area contributed by atoms with Crippen LogP contribution in [0.25, 0.3) is 0 Å². The van der Waals surface area contributed by atoms with Crippen molar-refractivity contribution in [2.45, 2.75) is 53.9 Å². The van der Waals surface area contributed by atoms with Crippen LogP contribution in [-0.2, 0) is 19.1 Å². The maximum absolute atomic E-state index is 11.9. The maximum Gasteiger partial charge on any atom is 1.00 e. The SMILES string of the molecule is CCCC(C)C1(CC)C(=O)N=C([O-])NC1=O.CCOC(C)=O.[Na+]. The fourth-order valence-corrected chi connectivity index (χ4v) is 2.50. The molecule has 23 heavy (non-hydrogen) atoms. The Bertz CT molecular complexity index is 453. The number of carbonyl (C=O) groups is 3. The third kappa shape index (κ3) is 6.61. The standard InChI is InChI=1S/C11H18N2O3.C4H8O2.Na/c1-4-6-7(3)11(5-2)8(14)12-10(16)13-9(11)15;1-3-6-4(2)5;/h7H,4-6H2,1-3H3,(H2,12,13,14,15,16);3H2,1-2H3;/q;;+1/p-1. The summed E-state index contributed by atoms with van der Waals surface area (Å²) < 4.78 is 4.40. The number of esters is 1. The van der Waals surface area contributed by atoms with E-state index in [1.165, 1.54) is 6.92 Å². The van der Waals surface area contributed by atoms with Gasteiger partial charge in [-0.2, -0.15) is 0 Å². The van der Waals surface area contributed by atoms with Gasteiger partial charge in [0.15, 0.2) is 0 Å². The van der Waals surface area contributed by atoms with Crippen LogP contribution in [0, 0.1) is 11.3 Å². The zero-order valence-electron chi connectivity index (χ0n) is 14.9. The normalized spacial score (nSPS) is 21.0. The minimum absolute atomic E-state index is 0. The number of amides is 2. The van der Waals surface area contributed by atoms with Gasteiger partial charge in [-0.05, 0) is 25.7 Å². The zero-order valence-corrected chi connectivity index (χ0v) is 16.9. The van der Waals surface area contributed by atoms with Gasteiger partial charge in [0.25, 0.3) is 5.91 Å². The van der Waals surface area contributed by atoms with Crippen molar-refractivity contribution in [1.82, 2.24) is 5.32 Å². The Hall–Kier alpha value is -0.920. The van der Waals surface area contributed by atoms with Gasteiger partial charge in [-0.1, -0.05) is 27.2 Å². The third-order valence-electron chi connectivity index (χ3n) is 3.68. The predicted octanol–water partition coefficient (Wildman–Crippen LogP) is -2.23. The number of aliphatic imine (C=N–C) groups is 1. The van der Waals surface area contributed by atoms with Crippen LogP contribution in [0.15, 0.2) is 4.99 Å². The number of nitrogens with one attached hydrogen (secondary N) is 1. The molecule has 126 valence electrons. The first-order valence-electron chi connectivity index (χ1n) is 7.51. The van der Waals surface area contributed by atoms with E-state index in [4.69, 9.17) is 0 Å². The molecule has 1 rings (SSSR count). The van der Waals surface area contributed by atoms with E-state index in [1.54, 1.807) is 13.8 Å². The van der Waals surface area contributed by atoms with Crippen LogP contribution in [0.2, 0.25) is 0 Å². The first-order valence-corrected chi connectivity index (χ1v) is 7.51. The molecule has 8 heteroatoms. The van der Waals surface area contributed by atoms with Crippen LogP contribution in [0.4, 0.5) is 0 Å². The van der Waals surface area contributed by atoms with Crippen LogP contribution < -0.4 is 40.0 Å². The molecule has 1 aliphatic rings. The number of carbonyl (C=O) groups excluding carboxylic acids is 3. The molecule has 0 saturated carbocycles. The number of rotatable bonds is 5. The van der Waals surface area contributed by atoms with Crippen molar-refractivity contribution in [3.05, 3.63) is 0 Å². The molecule has 0 bridgehead atoms. The van der Waals surface area contributed by atoms with Crippen LogP contribution in [0.5, 0.6) is 0 Å². The second kappa shape index (κ2) is 11.6. The molecule has 0 aromatic carbocycles. The molecular formula is C15H25N2NaO5. The van der Waals surface area contributed by atoms with E-state index in [0.29, 0.717) is 13.0 Å². The van der Waals surface area contributed by atoms with Gasteiger partial charge in [-0.15, -0.1) is 0 Å². The van der Waals surface area contributed by atoms with Gasteiger partial charge < -0.3 is 15.2 Å². The Kier molecular flexibility index (Phi) is 12.3. The smallest absolute Gasteiger partial charge is 0.846 e. The molecule has 0 spiro atoms. The molecule has 1 aliphatic heterocycles. The summed E-state index contributed by atoms with van der Waals surface area (Å²) in [6.45, 7) is 9.28. The Balaban J connectivity index is 0. The van der Waals surface area contributed by atoms with E-state index in [0.717, 1.165) is 12.8 Å². The van der Waals surface area contributed by atoms with Gasteiger partial charge in [-0.25, -0.2) is 4.99 Å². The first kappa shape index (κ1) is 24.3. The second-order valence-corrected chi connectivity index (χ2v) is 5.12. The summed E-state index contributed by atoms with van der Waals surface area (Å²) in [5.74, 6) is -1.41. The number of hydrogen-bond acceptors (Lipinski definition) is 5. The Morgan fingerprint density at radius 2 is 1.91 bits per heavy atom. The number of amidine groups is 1. The molecule has 1 heterocycles. The van der Waals surface area contributed by atoms with Crippen molar-refractivity contribution in [1.29, 1.82) is 0 Å². The molecule has 0 aliphatic carbocycles. The van der Waals surface area contributed by atoms with Gasteiger partial charge in [0.05, 0.1) is 12.6 Å². The Labute approximate surface area is 159 Å². The molecule has 2 unspecified atom stereocenters. The van der Waals surface area contributed by atoms with Crippen molar-refractivity contribution in [3.8, 4) is 0 Å². The molecule has 7 nitrogen and oxygen atoms in total. The van der Waals surface area contributed by atoms with Gasteiger partial charge >= 0.3 is 35.5 Å². The summed E-state index contributed by atoms with van der Waals surface area (Å²) in [4.78, 5) is 36.9. The van der Waals surface area contributed by atoms with Crippen molar-refractivity contribution in [2.24, 2.45) is 16.3 Å². The van der Waals surface area contributed by atoms with Crippen molar-refractivity contribution < 1.29 is 53.8 Å². The van der Waals surface area contributed by atoms with E-state index in [1.807, 2.05) is 13.8 Å². The molecule has 1 N–H and O–H groups in total. The summed E-state index contributed by atoms with van der Waals surface area (Å²) in [6.07, 6.45) is 2.02. The average Bonchev–Trinajstić information content (AvgIpc) is 2.39. The molecule has 0 fully saturated rings. The maximum atomic E-state index is 11.9. The van der Waals surface area contributed by atoms with E-state index < -0.39 is 23.3 Å². The summed E-state index contributed by atoms with van der Waals surface area (Å²) in [7, 11) is 0. The molecular weight excluding hydrogens is 311 g/mol. The van der Waals surface area contributed by atoms with Crippen molar-refractivity contribution in [2.75, 3.05) is 6.61 Å². The monoisotopic (exact) mass is 336 g/mol. The van der Waals surface area contributed by atoms with Crippen molar-refractivity contribution in [3.63, 3.8) is 0 Å². The summed E-state index contributed by atoms with van der Waals surface area (Å²) in [5, 5.41) is 13.1. The Morgan fingerprint density at radius 3 is 2.22 bits per heavy atom. The largest absolute Gasteiger partial charge is 1.00 e. The number of ether oxygens (including phenoxy) is 1. The summed E-state index contributed by atoms with van der Waals surface area (Å²) in [6, 6.07) is -0.845. The fraction of sp³-hybridized carbons (Fsp3) is 0.733. The van der Waals surface area contributed by atoms with Crippen LogP contribution >= 0.6 is 0 Å². The minimum Gasteiger partial charge on any atom is -0.846 e. The van der Waals surface area contributed by atoms with E-state index in [9.17, 15) is 19.5 Å². The second-order valence-electron chi connectivity index (χ2n) is 5.12. The molecule has 0 saturated heterocycles. The van der Waals surface area contributed by atoms with E-state index >= 15 is 0 Å². The Morgan fingerprint density at radius 1 is 1.35 bits per heavy atom. The first-order chi connectivity index (χ1) is 10.3. The average molecular weight is 336 g/mol. The van der Waals surface area contributed by atoms with Gasteiger partial charge in [0, 0.05) is 6.92 Å². The molecule has 0 aromatic heterocycles. The molecule has 0 radical (unpaired) electrons. The fourth-order valence-electron chi connectivity index (χ4n) is 2.50. The van der Waals surface area contributed by atoms with Gasteiger partial charge in [0.2, 0.25) is 5.91 Å². The number of nitrogens with zero attached hydrogens (tertiary/aromatic N) is 1. The third-order valence-corrected chi connectivity index (χ3v) is 3.68. The van der Waals surface area contributed by atoms with Crippen molar-refractivity contribution >= 4 is 23.8 Å². The zero-order chi connectivity index (χ0) is 17.3. The number of hydrogen-bond donors (Lipinski definition) is 1. The van der Waals surface area contributed by atoms with E-state index in [2.05, 4.69) is 15.0 Å². The summed E-state index contributed by atoms with van der Waals surface area (Å²) in [5.41, 5.74) is -1.15. The van der Waals surface area contributed by atoms with Crippen LogP contribution in [0.3, 0.4) is 0 Å². The van der Waals surface area contributed by atoms with Gasteiger partial charge in [0.1, 0.15) is 5.41 Å². The molecule has 2 amide bonds. The van der Waals surface area contributed by atoms with Crippen LogP contribution in [-0.4, -0.2) is 30.4 Å². The predicted molar refractivity (Wildman–Crippen MR) is 79.7 cm³/mol. The molecule has 2 atom stereocenters. The van der Waals surface area contributed by atoms with Crippen LogP contribution in [0.1, 0.15) is 53.9 Å². The van der Waals surface area contributed by atoms with Gasteiger partial charge in [-0.3, -0.25) is 14.4 Å². The van der Waals surface area contributed by atoms with E-state index in [-0.39, 0.29) is 41.4 Å². The summed E-state index contributed by atoms with van der Waals surface area (Å²) >= 11 is 0. The topological polar surface area (TPSA) is 108 Å². The molecule has 0 aromatic rings.